The minimum atomic E-state index is -0.137. The first-order chi connectivity index (χ1) is 12.9. The van der Waals surface area contributed by atoms with Crippen LogP contribution in [0, 0.1) is 6.92 Å². The molecule has 1 aliphatic heterocycles. The first kappa shape index (κ1) is 18.9. The van der Waals surface area contributed by atoms with E-state index < -0.39 is 0 Å². The van der Waals surface area contributed by atoms with Gasteiger partial charge in [0.05, 0.1) is 6.54 Å². The molecule has 1 aromatic carbocycles. The molecule has 2 amide bonds. The van der Waals surface area contributed by atoms with Crippen LogP contribution in [-0.4, -0.2) is 73.6 Å². The Hall–Kier alpha value is -2.87. The predicted octanol–water partition coefficient (Wildman–Crippen LogP) is 1.45. The maximum atomic E-state index is 12.6. The Labute approximate surface area is 158 Å². The molecule has 0 radical (unpaired) electrons. The highest BCUT2D eigenvalue weighted by Crippen LogP contribution is 2.15. The van der Waals surface area contributed by atoms with Crippen LogP contribution in [0.1, 0.15) is 16.1 Å². The average molecular weight is 371 g/mol. The minimum absolute atomic E-state index is 0.0301. The highest BCUT2D eigenvalue weighted by atomic mass is 16.5. The quantitative estimate of drug-likeness (QED) is 0.857. The van der Waals surface area contributed by atoms with E-state index in [2.05, 4.69) is 10.5 Å². The van der Waals surface area contributed by atoms with Gasteiger partial charge in [-0.2, -0.15) is 0 Å². The second-order valence-corrected chi connectivity index (χ2v) is 6.88. The standard InChI is InChI=1S/C19H25N5O3/c1-14-12-17(21-27-14)20-18(25)13-23-8-10-24(11-9-23)19(26)15-4-6-16(7-5-15)22(2)3/h4-7,12H,8-11,13H2,1-3H3,(H,20,21,25). The number of nitrogens with zero attached hydrogens (tertiary/aromatic N) is 4. The molecule has 8 heteroatoms. The maximum Gasteiger partial charge on any atom is 0.253 e. The number of hydrogen-bond acceptors (Lipinski definition) is 6. The van der Waals surface area contributed by atoms with Gasteiger partial charge in [0, 0.05) is 57.6 Å². The molecule has 1 aliphatic rings. The number of nitrogens with one attached hydrogen (secondary N) is 1. The predicted molar refractivity (Wildman–Crippen MR) is 103 cm³/mol. The normalized spacial score (nSPS) is 14.9. The van der Waals surface area contributed by atoms with Gasteiger partial charge in [0.2, 0.25) is 5.91 Å². The van der Waals surface area contributed by atoms with Crippen molar-refractivity contribution >= 4 is 23.3 Å². The number of carbonyl (C=O) groups excluding carboxylic acids is 2. The van der Waals surface area contributed by atoms with Gasteiger partial charge in [0.15, 0.2) is 5.82 Å². The second-order valence-electron chi connectivity index (χ2n) is 6.88. The lowest BCUT2D eigenvalue weighted by Crippen LogP contribution is -2.50. The topological polar surface area (TPSA) is 81.9 Å². The summed E-state index contributed by atoms with van der Waals surface area (Å²) in [5.74, 6) is 0.966. The molecule has 0 atom stereocenters. The summed E-state index contributed by atoms with van der Waals surface area (Å²) in [5, 5.41) is 6.47. The number of aromatic nitrogens is 1. The number of carbonyl (C=O) groups is 2. The zero-order chi connectivity index (χ0) is 19.4. The Morgan fingerprint density at radius 2 is 1.81 bits per heavy atom. The number of aryl methyl sites for hydroxylation is 1. The third-order valence-corrected chi connectivity index (χ3v) is 4.55. The van der Waals surface area contributed by atoms with Crippen molar-refractivity contribution in [3.63, 3.8) is 0 Å². The average Bonchev–Trinajstić information content (AvgIpc) is 3.06. The molecule has 3 rings (SSSR count). The molecule has 0 bridgehead atoms. The fraction of sp³-hybridized carbons (Fsp3) is 0.421. The monoisotopic (exact) mass is 371 g/mol. The van der Waals surface area contributed by atoms with Gasteiger partial charge in [-0.25, -0.2) is 0 Å². The lowest BCUT2D eigenvalue weighted by molar-refractivity contribution is -0.117. The third-order valence-electron chi connectivity index (χ3n) is 4.55. The van der Waals surface area contributed by atoms with Gasteiger partial charge >= 0.3 is 0 Å². The summed E-state index contributed by atoms with van der Waals surface area (Å²) in [4.78, 5) is 30.6. The van der Waals surface area contributed by atoms with Crippen molar-refractivity contribution < 1.29 is 14.1 Å². The number of amides is 2. The van der Waals surface area contributed by atoms with Crippen LogP contribution in [0.2, 0.25) is 0 Å². The van der Waals surface area contributed by atoms with Gasteiger partial charge in [-0.15, -0.1) is 0 Å². The van der Waals surface area contributed by atoms with Crippen LogP contribution in [0.4, 0.5) is 11.5 Å². The number of rotatable bonds is 5. The molecule has 2 heterocycles. The second kappa shape index (κ2) is 8.22. The summed E-state index contributed by atoms with van der Waals surface area (Å²) < 4.78 is 4.93. The summed E-state index contributed by atoms with van der Waals surface area (Å²) in [7, 11) is 3.94. The van der Waals surface area contributed by atoms with Crippen molar-refractivity contribution in [1.29, 1.82) is 0 Å². The van der Waals surface area contributed by atoms with E-state index in [0.717, 1.165) is 5.69 Å². The van der Waals surface area contributed by atoms with E-state index in [1.54, 1.807) is 13.0 Å². The maximum absolute atomic E-state index is 12.6. The molecular formula is C19H25N5O3. The zero-order valence-corrected chi connectivity index (χ0v) is 15.9. The first-order valence-electron chi connectivity index (χ1n) is 8.94. The number of benzene rings is 1. The van der Waals surface area contributed by atoms with Crippen LogP contribution < -0.4 is 10.2 Å². The molecular weight excluding hydrogens is 346 g/mol. The Morgan fingerprint density at radius 1 is 1.15 bits per heavy atom. The highest BCUT2D eigenvalue weighted by molar-refractivity contribution is 5.94. The van der Waals surface area contributed by atoms with Gasteiger partial charge in [-0.1, -0.05) is 5.16 Å². The van der Waals surface area contributed by atoms with Crippen LogP contribution in [0.25, 0.3) is 0 Å². The summed E-state index contributed by atoms with van der Waals surface area (Å²) in [6.07, 6.45) is 0. The minimum Gasteiger partial charge on any atom is -0.378 e. The van der Waals surface area contributed by atoms with Gasteiger partial charge in [0.25, 0.3) is 5.91 Å². The van der Waals surface area contributed by atoms with E-state index in [0.29, 0.717) is 43.3 Å². The van der Waals surface area contributed by atoms with Crippen LogP contribution in [0.15, 0.2) is 34.9 Å². The largest absolute Gasteiger partial charge is 0.378 e. The Kier molecular flexibility index (Phi) is 5.75. The first-order valence-corrected chi connectivity index (χ1v) is 8.94. The molecule has 0 saturated carbocycles. The van der Waals surface area contributed by atoms with E-state index in [-0.39, 0.29) is 18.4 Å². The fourth-order valence-corrected chi connectivity index (χ4v) is 3.00. The van der Waals surface area contributed by atoms with Gasteiger partial charge < -0.3 is 19.6 Å². The van der Waals surface area contributed by atoms with Gasteiger partial charge in [-0.05, 0) is 31.2 Å². The van der Waals surface area contributed by atoms with Crippen LogP contribution >= 0.6 is 0 Å². The van der Waals surface area contributed by atoms with Crippen molar-refractivity contribution in [1.82, 2.24) is 15.0 Å². The molecule has 2 aromatic rings. The molecule has 27 heavy (non-hydrogen) atoms. The summed E-state index contributed by atoms with van der Waals surface area (Å²) in [6.45, 7) is 4.56. The van der Waals surface area contributed by atoms with Crippen molar-refractivity contribution in [3.8, 4) is 0 Å². The third kappa shape index (κ3) is 4.85. The molecule has 0 unspecified atom stereocenters. The number of hydrogen-bond donors (Lipinski definition) is 1. The van der Waals surface area contributed by atoms with Crippen molar-refractivity contribution in [2.45, 2.75) is 6.92 Å². The summed E-state index contributed by atoms with van der Waals surface area (Å²) >= 11 is 0. The molecule has 1 fully saturated rings. The molecule has 0 spiro atoms. The Morgan fingerprint density at radius 3 is 2.37 bits per heavy atom. The van der Waals surface area contributed by atoms with Crippen LogP contribution in [0.5, 0.6) is 0 Å². The highest BCUT2D eigenvalue weighted by Gasteiger charge is 2.23. The van der Waals surface area contributed by atoms with E-state index in [1.165, 1.54) is 0 Å². The van der Waals surface area contributed by atoms with Crippen LogP contribution in [-0.2, 0) is 4.79 Å². The molecule has 1 N–H and O–H groups in total. The van der Waals surface area contributed by atoms with Gasteiger partial charge in [0.1, 0.15) is 5.76 Å². The van der Waals surface area contributed by atoms with Crippen molar-refractivity contribution in [3.05, 3.63) is 41.7 Å². The molecule has 1 aromatic heterocycles. The van der Waals surface area contributed by atoms with E-state index in [4.69, 9.17) is 4.52 Å². The lowest BCUT2D eigenvalue weighted by atomic mass is 10.1. The Balaban J connectivity index is 1.48. The van der Waals surface area contributed by atoms with Crippen molar-refractivity contribution in [2.75, 3.05) is 57.0 Å². The van der Waals surface area contributed by atoms with Crippen LogP contribution in [0.3, 0.4) is 0 Å². The smallest absolute Gasteiger partial charge is 0.253 e. The molecule has 8 nitrogen and oxygen atoms in total. The molecule has 144 valence electrons. The number of piperazine rings is 1. The van der Waals surface area contributed by atoms with E-state index in [1.807, 2.05) is 53.1 Å². The molecule has 0 aliphatic carbocycles. The van der Waals surface area contributed by atoms with E-state index >= 15 is 0 Å². The van der Waals surface area contributed by atoms with Crippen molar-refractivity contribution in [2.24, 2.45) is 0 Å². The summed E-state index contributed by atoms with van der Waals surface area (Å²) in [6, 6.07) is 9.28. The molecule has 1 saturated heterocycles. The van der Waals surface area contributed by atoms with E-state index in [9.17, 15) is 9.59 Å². The summed E-state index contributed by atoms with van der Waals surface area (Å²) in [5.41, 5.74) is 1.75. The lowest BCUT2D eigenvalue weighted by Gasteiger charge is -2.34. The SMILES string of the molecule is Cc1cc(NC(=O)CN2CCN(C(=O)c3ccc(N(C)C)cc3)CC2)no1. The number of anilines is 2. The fourth-order valence-electron chi connectivity index (χ4n) is 3.00. The Bertz CT molecular complexity index is 792. The zero-order valence-electron chi connectivity index (χ0n) is 15.9. The van der Waals surface area contributed by atoms with Gasteiger partial charge in [-0.3, -0.25) is 14.5 Å².